The van der Waals surface area contributed by atoms with E-state index < -0.39 is 5.92 Å². The first-order chi connectivity index (χ1) is 22.2. The van der Waals surface area contributed by atoms with Gasteiger partial charge in [0.2, 0.25) is 11.8 Å². The Kier molecular flexibility index (Phi) is 7.60. The van der Waals surface area contributed by atoms with Crippen molar-refractivity contribution in [3.05, 3.63) is 101 Å². The highest BCUT2D eigenvalue weighted by atomic mass is 79.9. The number of carbonyl (C=O) groups excluding carboxylic acids is 3. The number of para-hydroxylation sites is 1. The van der Waals surface area contributed by atoms with Crippen LogP contribution < -0.4 is 19.8 Å². The molecule has 2 aliphatic heterocycles. The zero-order valence-corrected chi connectivity index (χ0v) is 28.5. The number of benzene rings is 3. The standard InChI is InChI=1S/C33H24BrCl2N3O5S2/c34-14-6-9-22(44-13-23(40)37-15-7-8-20(35)21(36)11-15)17(10-14)24-25-18-12-19(28(25)45-30-29(24)46-33(43)38-30)27-26(18)31(41)39(32(27)42)16-4-2-1-3-5-16/h1-11,18-19,24-28H,12-13H2,(H,37,40)(H,38,43)/t18-,19-,24-,25?,26?,27?,28?/m1/s1. The summed E-state index contributed by atoms with van der Waals surface area (Å²) in [6.45, 7) is -0.267. The van der Waals surface area contributed by atoms with Gasteiger partial charge in [0.05, 0.1) is 32.6 Å². The molecule has 4 aromatic rings. The van der Waals surface area contributed by atoms with Gasteiger partial charge in [-0.3, -0.25) is 24.1 Å². The maximum absolute atomic E-state index is 14.0. The molecule has 8 rings (SSSR count). The SMILES string of the molecule is O=C(COc1ccc(Br)cc1[C@H]1c2sc(=O)[nH]c2SC2C1[C@H]1C[C@@H]2C2C(=O)N(c3ccccc3)C(=O)C21)Nc1ccc(Cl)c(Cl)c1. The second-order valence-electron chi connectivity index (χ2n) is 12.0. The van der Waals surface area contributed by atoms with Crippen molar-refractivity contribution in [3.8, 4) is 5.75 Å². The van der Waals surface area contributed by atoms with Crippen LogP contribution in [0.4, 0.5) is 11.4 Å². The Balaban J connectivity index is 1.13. The van der Waals surface area contributed by atoms with Gasteiger partial charge in [-0.05, 0) is 72.7 Å². The van der Waals surface area contributed by atoms with Crippen LogP contribution in [0.1, 0.15) is 22.8 Å². The largest absolute Gasteiger partial charge is 0.483 e. The Labute approximate surface area is 289 Å². The number of carbonyl (C=O) groups is 3. The average Bonchev–Trinajstić information content (AvgIpc) is 3.77. The summed E-state index contributed by atoms with van der Waals surface area (Å²) in [7, 11) is 0. The molecule has 1 saturated heterocycles. The fourth-order valence-electron chi connectivity index (χ4n) is 8.00. The molecule has 7 atom stereocenters. The van der Waals surface area contributed by atoms with Crippen molar-refractivity contribution in [2.75, 3.05) is 16.8 Å². The Bertz CT molecular complexity index is 1990. The summed E-state index contributed by atoms with van der Waals surface area (Å²) in [5, 5.41) is 4.31. The van der Waals surface area contributed by atoms with Crippen LogP contribution in [0.3, 0.4) is 0 Å². The molecule has 0 radical (unpaired) electrons. The van der Waals surface area contributed by atoms with Gasteiger partial charge in [0, 0.05) is 31.8 Å². The topological polar surface area (TPSA) is 109 Å². The predicted octanol–water partition coefficient (Wildman–Crippen LogP) is 7.20. The molecule has 0 spiro atoms. The number of halogens is 3. The van der Waals surface area contributed by atoms with E-state index >= 15 is 0 Å². The lowest BCUT2D eigenvalue weighted by molar-refractivity contribution is -0.123. The van der Waals surface area contributed by atoms with Gasteiger partial charge in [-0.2, -0.15) is 0 Å². The molecule has 234 valence electrons. The number of nitrogens with one attached hydrogen (secondary N) is 2. The smallest absolute Gasteiger partial charge is 0.305 e. The molecular formula is C33H24BrCl2N3O5S2. The van der Waals surface area contributed by atoms with Crippen LogP contribution in [0.5, 0.6) is 5.75 Å². The molecule has 3 amide bonds. The minimum Gasteiger partial charge on any atom is -0.483 e. The molecule has 2 bridgehead atoms. The maximum Gasteiger partial charge on any atom is 0.305 e. The van der Waals surface area contributed by atoms with Crippen LogP contribution in [-0.2, 0) is 14.4 Å². The van der Waals surface area contributed by atoms with E-state index in [-0.39, 0.29) is 64.0 Å². The van der Waals surface area contributed by atoms with Crippen molar-refractivity contribution in [2.24, 2.45) is 29.6 Å². The number of H-pyrrole nitrogens is 1. The number of aromatic amines is 1. The molecule has 8 nitrogen and oxygen atoms in total. The molecule has 3 aromatic carbocycles. The first-order valence-electron chi connectivity index (χ1n) is 14.7. The highest BCUT2D eigenvalue weighted by molar-refractivity contribution is 9.10. The summed E-state index contributed by atoms with van der Waals surface area (Å²) >= 11 is 18.5. The highest BCUT2D eigenvalue weighted by Gasteiger charge is 2.69. The summed E-state index contributed by atoms with van der Waals surface area (Å²) in [5.74, 6) is -1.33. The number of anilines is 2. The molecule has 3 fully saturated rings. The van der Waals surface area contributed by atoms with Crippen molar-refractivity contribution in [3.63, 3.8) is 0 Å². The van der Waals surface area contributed by atoms with Gasteiger partial charge in [0.15, 0.2) is 6.61 Å². The van der Waals surface area contributed by atoms with E-state index in [0.717, 1.165) is 26.4 Å². The molecule has 2 saturated carbocycles. The molecule has 4 aliphatic rings. The third kappa shape index (κ3) is 4.85. The normalized spacial score (nSPS) is 27.4. The quantitative estimate of drug-likeness (QED) is 0.202. The van der Waals surface area contributed by atoms with Crippen molar-refractivity contribution in [1.82, 2.24) is 4.98 Å². The van der Waals surface area contributed by atoms with Crippen LogP contribution in [-0.4, -0.2) is 34.6 Å². The van der Waals surface area contributed by atoms with Crippen LogP contribution >= 0.6 is 62.2 Å². The Morgan fingerprint density at radius 3 is 2.50 bits per heavy atom. The number of nitrogens with zero attached hydrogens (tertiary/aromatic N) is 1. The maximum atomic E-state index is 14.0. The van der Waals surface area contributed by atoms with E-state index in [2.05, 4.69) is 26.2 Å². The Hall–Kier alpha value is -3.09. The zero-order chi connectivity index (χ0) is 31.9. The van der Waals surface area contributed by atoms with E-state index in [9.17, 15) is 19.2 Å². The summed E-state index contributed by atoms with van der Waals surface area (Å²) in [6.07, 6.45) is 0.768. The lowest BCUT2D eigenvalue weighted by atomic mass is 9.68. The number of rotatable bonds is 6. The first-order valence-corrected chi connectivity index (χ1v) is 17.9. The molecule has 13 heteroatoms. The number of imide groups is 1. The number of amides is 3. The lowest BCUT2D eigenvalue weighted by Crippen LogP contribution is -2.42. The number of hydrogen-bond acceptors (Lipinski definition) is 7. The second-order valence-corrected chi connectivity index (χ2v) is 15.9. The molecule has 46 heavy (non-hydrogen) atoms. The highest BCUT2D eigenvalue weighted by Crippen LogP contribution is 2.69. The molecule has 3 heterocycles. The van der Waals surface area contributed by atoms with Gasteiger partial charge in [0.25, 0.3) is 5.91 Å². The summed E-state index contributed by atoms with van der Waals surface area (Å²) < 4.78 is 6.99. The molecular weight excluding hydrogens is 733 g/mol. The molecule has 1 aromatic heterocycles. The fraction of sp³-hybridized carbons (Fsp3) is 0.273. The van der Waals surface area contributed by atoms with Gasteiger partial charge in [-0.25, -0.2) is 0 Å². The van der Waals surface area contributed by atoms with Crippen LogP contribution in [0.2, 0.25) is 10.0 Å². The minimum absolute atomic E-state index is 0.0114. The van der Waals surface area contributed by atoms with Gasteiger partial charge in [-0.1, -0.05) is 68.7 Å². The third-order valence-electron chi connectivity index (χ3n) is 9.61. The van der Waals surface area contributed by atoms with E-state index in [1.807, 2.05) is 36.4 Å². The van der Waals surface area contributed by atoms with Crippen LogP contribution in [0.25, 0.3) is 0 Å². The molecule has 4 unspecified atom stereocenters. The van der Waals surface area contributed by atoms with Gasteiger partial charge in [-0.15, -0.1) is 11.8 Å². The number of fused-ring (bicyclic) bond motifs is 9. The van der Waals surface area contributed by atoms with Crippen LogP contribution in [0, 0.1) is 29.6 Å². The van der Waals surface area contributed by atoms with Gasteiger partial charge >= 0.3 is 4.87 Å². The fourth-order valence-corrected chi connectivity index (χ4v) is 11.6. The number of thioether (sulfide) groups is 1. The minimum atomic E-state index is -0.423. The van der Waals surface area contributed by atoms with E-state index in [4.69, 9.17) is 27.9 Å². The monoisotopic (exact) mass is 755 g/mol. The third-order valence-corrected chi connectivity index (χ3v) is 13.4. The number of thiazole rings is 1. The predicted molar refractivity (Wildman–Crippen MR) is 182 cm³/mol. The van der Waals surface area contributed by atoms with Crippen molar-refractivity contribution >= 4 is 91.3 Å². The van der Waals surface area contributed by atoms with Crippen molar-refractivity contribution in [2.45, 2.75) is 22.6 Å². The number of aromatic nitrogens is 1. The van der Waals surface area contributed by atoms with Crippen molar-refractivity contribution < 1.29 is 19.1 Å². The summed E-state index contributed by atoms with van der Waals surface area (Å²) in [4.78, 5) is 58.6. The van der Waals surface area contributed by atoms with Gasteiger partial charge in [0.1, 0.15) is 5.75 Å². The van der Waals surface area contributed by atoms with Crippen LogP contribution in [0.15, 0.2) is 81.0 Å². The van der Waals surface area contributed by atoms with Gasteiger partial charge < -0.3 is 15.0 Å². The molecule has 2 aliphatic carbocycles. The first kappa shape index (κ1) is 30.3. The number of ether oxygens (including phenoxy) is 1. The molecule has 2 N–H and O–H groups in total. The Morgan fingerprint density at radius 1 is 0.978 bits per heavy atom. The summed E-state index contributed by atoms with van der Waals surface area (Å²) in [5.41, 5.74) is 1.91. The second kappa shape index (κ2) is 11.6. The lowest BCUT2D eigenvalue weighted by Gasteiger charge is -2.43. The van der Waals surface area contributed by atoms with E-state index in [0.29, 0.717) is 27.2 Å². The summed E-state index contributed by atoms with van der Waals surface area (Å²) in [6, 6.07) is 19.6. The van der Waals surface area contributed by atoms with E-state index in [1.165, 1.54) is 16.2 Å². The zero-order valence-electron chi connectivity index (χ0n) is 23.7. The van der Waals surface area contributed by atoms with E-state index in [1.54, 1.807) is 42.1 Å². The Morgan fingerprint density at radius 2 is 1.74 bits per heavy atom. The average molecular weight is 758 g/mol. The number of hydrogen-bond donors (Lipinski definition) is 2. The van der Waals surface area contributed by atoms with Crippen molar-refractivity contribution in [1.29, 1.82) is 0 Å².